The minimum Gasteiger partial charge on any atom is -0.458 e. The van der Waals surface area contributed by atoms with E-state index in [9.17, 15) is 9.18 Å². The van der Waals surface area contributed by atoms with Gasteiger partial charge < -0.3 is 10.5 Å². The summed E-state index contributed by atoms with van der Waals surface area (Å²) in [7, 11) is 0. The standard InChI is InChI=1S/C17H24FNO2/c1-10(2)13-6-4-11(3)8-16(13)21-17(20)14-7-5-12(18)9-15(14)19/h5,7,9-11,13,16H,4,6,8,19H2,1-3H3. The van der Waals surface area contributed by atoms with Crippen molar-refractivity contribution in [3.63, 3.8) is 0 Å². The monoisotopic (exact) mass is 293 g/mol. The van der Waals surface area contributed by atoms with Crippen LogP contribution in [0.1, 0.15) is 50.4 Å². The Hall–Kier alpha value is -1.58. The van der Waals surface area contributed by atoms with Gasteiger partial charge in [-0.1, -0.05) is 27.2 Å². The first-order valence-electron chi connectivity index (χ1n) is 7.64. The molecule has 1 saturated carbocycles. The molecule has 0 heterocycles. The molecular weight excluding hydrogens is 269 g/mol. The number of hydrogen-bond donors (Lipinski definition) is 1. The van der Waals surface area contributed by atoms with E-state index >= 15 is 0 Å². The molecule has 0 spiro atoms. The molecule has 0 saturated heterocycles. The summed E-state index contributed by atoms with van der Waals surface area (Å²) in [6.07, 6.45) is 3.06. The Labute approximate surface area is 125 Å². The average Bonchev–Trinajstić information content (AvgIpc) is 2.37. The number of nitrogens with two attached hydrogens (primary N) is 1. The van der Waals surface area contributed by atoms with Gasteiger partial charge >= 0.3 is 5.97 Å². The van der Waals surface area contributed by atoms with Gasteiger partial charge in [0.05, 0.1) is 5.56 Å². The summed E-state index contributed by atoms with van der Waals surface area (Å²) in [5, 5.41) is 0. The van der Waals surface area contributed by atoms with Crippen molar-refractivity contribution in [2.24, 2.45) is 17.8 Å². The van der Waals surface area contributed by atoms with E-state index in [0.717, 1.165) is 18.9 Å². The second-order valence-electron chi connectivity index (χ2n) is 6.50. The lowest BCUT2D eigenvalue weighted by atomic mass is 9.75. The molecule has 2 N–H and O–H groups in total. The molecule has 0 amide bonds. The van der Waals surface area contributed by atoms with Crippen LogP contribution in [0.3, 0.4) is 0 Å². The van der Waals surface area contributed by atoms with Gasteiger partial charge in [0.25, 0.3) is 0 Å². The van der Waals surface area contributed by atoms with Gasteiger partial charge in [-0.25, -0.2) is 9.18 Å². The first-order valence-corrected chi connectivity index (χ1v) is 7.64. The molecule has 1 aliphatic carbocycles. The van der Waals surface area contributed by atoms with Gasteiger partial charge in [0, 0.05) is 5.69 Å². The molecule has 1 aliphatic rings. The smallest absolute Gasteiger partial charge is 0.340 e. The number of anilines is 1. The molecule has 3 unspecified atom stereocenters. The topological polar surface area (TPSA) is 52.3 Å². The quantitative estimate of drug-likeness (QED) is 0.676. The molecule has 21 heavy (non-hydrogen) atoms. The lowest BCUT2D eigenvalue weighted by Crippen LogP contribution is -2.36. The van der Waals surface area contributed by atoms with Gasteiger partial charge in [-0.05, 0) is 48.8 Å². The van der Waals surface area contributed by atoms with Crippen molar-refractivity contribution in [2.75, 3.05) is 5.73 Å². The lowest BCUT2D eigenvalue weighted by Gasteiger charge is -2.36. The predicted molar refractivity (Wildman–Crippen MR) is 81.4 cm³/mol. The number of esters is 1. The van der Waals surface area contributed by atoms with Gasteiger partial charge in [-0.15, -0.1) is 0 Å². The molecule has 1 fully saturated rings. The molecule has 2 rings (SSSR count). The van der Waals surface area contributed by atoms with Crippen molar-refractivity contribution < 1.29 is 13.9 Å². The number of carbonyl (C=O) groups is 1. The fraction of sp³-hybridized carbons (Fsp3) is 0.588. The van der Waals surface area contributed by atoms with Crippen LogP contribution in [0.4, 0.5) is 10.1 Å². The van der Waals surface area contributed by atoms with E-state index in [-0.39, 0.29) is 17.4 Å². The molecule has 1 aromatic carbocycles. The van der Waals surface area contributed by atoms with Crippen molar-refractivity contribution >= 4 is 11.7 Å². The number of ether oxygens (including phenoxy) is 1. The third-order valence-electron chi connectivity index (χ3n) is 4.45. The van der Waals surface area contributed by atoms with E-state index in [2.05, 4.69) is 20.8 Å². The fourth-order valence-corrected chi connectivity index (χ4v) is 3.17. The van der Waals surface area contributed by atoms with Gasteiger partial charge in [0.1, 0.15) is 11.9 Å². The largest absolute Gasteiger partial charge is 0.458 e. The predicted octanol–water partition coefficient (Wildman–Crippen LogP) is 4.03. The summed E-state index contributed by atoms with van der Waals surface area (Å²) >= 11 is 0. The van der Waals surface area contributed by atoms with Crippen LogP contribution in [0.15, 0.2) is 18.2 Å². The maximum Gasteiger partial charge on any atom is 0.340 e. The van der Waals surface area contributed by atoms with Crippen molar-refractivity contribution in [3.8, 4) is 0 Å². The molecule has 0 aliphatic heterocycles. The van der Waals surface area contributed by atoms with Gasteiger partial charge in [-0.2, -0.15) is 0 Å². The van der Waals surface area contributed by atoms with E-state index in [1.807, 2.05) is 0 Å². The zero-order valence-corrected chi connectivity index (χ0v) is 12.9. The van der Waals surface area contributed by atoms with Crippen LogP contribution < -0.4 is 5.73 Å². The Bertz CT molecular complexity index is 516. The summed E-state index contributed by atoms with van der Waals surface area (Å²) in [6.45, 7) is 6.51. The van der Waals surface area contributed by atoms with E-state index < -0.39 is 11.8 Å². The van der Waals surface area contributed by atoms with E-state index in [4.69, 9.17) is 10.5 Å². The highest BCUT2D eigenvalue weighted by molar-refractivity contribution is 5.95. The summed E-state index contributed by atoms with van der Waals surface area (Å²) in [5.41, 5.74) is 6.09. The highest BCUT2D eigenvalue weighted by Crippen LogP contribution is 2.35. The van der Waals surface area contributed by atoms with Crippen molar-refractivity contribution in [2.45, 2.75) is 46.1 Å². The Kier molecular flexibility index (Phi) is 4.86. The van der Waals surface area contributed by atoms with E-state index in [1.54, 1.807) is 0 Å². The van der Waals surface area contributed by atoms with Crippen LogP contribution in [0.2, 0.25) is 0 Å². The van der Waals surface area contributed by atoms with Crippen LogP contribution >= 0.6 is 0 Å². The number of rotatable bonds is 3. The minimum absolute atomic E-state index is 0.0781. The molecular formula is C17H24FNO2. The number of hydrogen-bond acceptors (Lipinski definition) is 3. The third kappa shape index (κ3) is 3.74. The van der Waals surface area contributed by atoms with Crippen molar-refractivity contribution in [1.29, 1.82) is 0 Å². The molecule has 0 aromatic heterocycles. The highest BCUT2D eigenvalue weighted by atomic mass is 19.1. The Morgan fingerprint density at radius 3 is 2.71 bits per heavy atom. The average molecular weight is 293 g/mol. The summed E-state index contributed by atoms with van der Waals surface area (Å²) in [5.74, 6) is 0.517. The summed E-state index contributed by atoms with van der Waals surface area (Å²) < 4.78 is 18.8. The van der Waals surface area contributed by atoms with Crippen molar-refractivity contribution in [1.82, 2.24) is 0 Å². The maximum atomic E-state index is 13.1. The van der Waals surface area contributed by atoms with Gasteiger partial charge in [0.15, 0.2) is 0 Å². The normalized spacial score (nSPS) is 25.9. The first-order chi connectivity index (χ1) is 9.88. The highest BCUT2D eigenvalue weighted by Gasteiger charge is 2.33. The molecule has 0 radical (unpaired) electrons. The van der Waals surface area contributed by atoms with E-state index in [0.29, 0.717) is 17.8 Å². The molecule has 1 aromatic rings. The molecule has 0 bridgehead atoms. The second kappa shape index (κ2) is 6.46. The molecule has 3 nitrogen and oxygen atoms in total. The third-order valence-corrected chi connectivity index (χ3v) is 4.45. The van der Waals surface area contributed by atoms with Crippen LogP contribution in [0.25, 0.3) is 0 Å². The number of nitrogen functional groups attached to an aromatic ring is 1. The van der Waals surface area contributed by atoms with Crippen LogP contribution in [0.5, 0.6) is 0 Å². The van der Waals surface area contributed by atoms with Gasteiger partial charge in [-0.3, -0.25) is 0 Å². The lowest BCUT2D eigenvalue weighted by molar-refractivity contribution is -0.0173. The summed E-state index contributed by atoms with van der Waals surface area (Å²) in [4.78, 5) is 12.3. The van der Waals surface area contributed by atoms with Crippen LogP contribution in [-0.4, -0.2) is 12.1 Å². The number of benzene rings is 1. The van der Waals surface area contributed by atoms with Gasteiger partial charge in [0.2, 0.25) is 0 Å². The first kappa shape index (κ1) is 15.8. The fourth-order valence-electron chi connectivity index (χ4n) is 3.17. The zero-order valence-electron chi connectivity index (χ0n) is 12.9. The minimum atomic E-state index is -0.449. The van der Waals surface area contributed by atoms with Crippen molar-refractivity contribution in [3.05, 3.63) is 29.6 Å². The number of carbonyl (C=O) groups excluding carboxylic acids is 1. The Morgan fingerprint density at radius 1 is 1.38 bits per heavy atom. The molecule has 3 atom stereocenters. The van der Waals surface area contributed by atoms with E-state index in [1.165, 1.54) is 18.6 Å². The van der Waals surface area contributed by atoms with Crippen LogP contribution in [-0.2, 0) is 4.74 Å². The summed E-state index contributed by atoms with van der Waals surface area (Å²) in [6, 6.07) is 3.78. The Morgan fingerprint density at radius 2 is 2.10 bits per heavy atom. The second-order valence-corrected chi connectivity index (χ2v) is 6.50. The maximum absolute atomic E-state index is 13.1. The molecule has 116 valence electrons. The SMILES string of the molecule is CC1CCC(C(C)C)C(OC(=O)c2ccc(F)cc2N)C1. The zero-order chi connectivity index (χ0) is 15.6. The Balaban J connectivity index is 2.12. The molecule has 4 heteroatoms. The van der Waals surface area contributed by atoms with Crippen LogP contribution in [0, 0.1) is 23.6 Å². The number of halogens is 1.